The summed E-state index contributed by atoms with van der Waals surface area (Å²) in [7, 11) is 0. The van der Waals surface area contributed by atoms with Crippen molar-refractivity contribution in [3.05, 3.63) is 0 Å². The summed E-state index contributed by atoms with van der Waals surface area (Å²) in [5, 5.41) is 0. The highest BCUT2D eigenvalue weighted by molar-refractivity contribution is 5.06. The summed E-state index contributed by atoms with van der Waals surface area (Å²) in [4.78, 5) is 0. The van der Waals surface area contributed by atoms with Gasteiger partial charge in [-0.15, -0.1) is 0 Å². The van der Waals surface area contributed by atoms with Crippen LogP contribution in [0.25, 0.3) is 0 Å². The smallest absolute Gasteiger partial charge is 0.0623 e. The topological polar surface area (TPSA) is 35.2 Å². The number of hydrogen-bond acceptors (Lipinski definition) is 2. The van der Waals surface area contributed by atoms with Crippen molar-refractivity contribution in [2.24, 2.45) is 17.6 Å². The molecule has 12 heavy (non-hydrogen) atoms. The lowest BCUT2D eigenvalue weighted by Gasteiger charge is -2.56. The third kappa shape index (κ3) is 0.826. The number of hydrogen-bond donors (Lipinski definition) is 1. The van der Waals surface area contributed by atoms with Crippen LogP contribution in [0.2, 0.25) is 0 Å². The summed E-state index contributed by atoms with van der Waals surface area (Å²) in [6.07, 6.45) is 6.93. The van der Waals surface area contributed by atoms with Crippen molar-refractivity contribution >= 4 is 0 Å². The monoisotopic (exact) mass is 167 g/mol. The predicted octanol–water partition coefficient (Wildman–Crippen LogP) is 1.29. The molecule has 0 aromatic carbocycles. The highest BCUT2D eigenvalue weighted by Gasteiger charge is 2.52. The Morgan fingerprint density at radius 2 is 2.25 bits per heavy atom. The summed E-state index contributed by atoms with van der Waals surface area (Å²) >= 11 is 0. The molecule has 2 nitrogen and oxygen atoms in total. The normalized spacial score (nSPS) is 57.2. The molecule has 4 unspecified atom stereocenters. The van der Waals surface area contributed by atoms with Gasteiger partial charge in [0, 0.05) is 18.1 Å². The van der Waals surface area contributed by atoms with E-state index >= 15 is 0 Å². The zero-order chi connectivity index (χ0) is 8.18. The molecule has 4 fully saturated rings. The van der Waals surface area contributed by atoms with Gasteiger partial charge in [-0.2, -0.15) is 0 Å². The molecule has 0 radical (unpaired) electrons. The van der Waals surface area contributed by atoms with Crippen LogP contribution in [0.5, 0.6) is 0 Å². The Kier molecular flexibility index (Phi) is 1.37. The Labute approximate surface area is 73.5 Å². The molecule has 2 N–H and O–H groups in total. The van der Waals surface area contributed by atoms with Gasteiger partial charge in [0.15, 0.2) is 0 Å². The zero-order valence-corrected chi connectivity index (χ0v) is 7.46. The van der Waals surface area contributed by atoms with Crippen molar-refractivity contribution in [3.63, 3.8) is 0 Å². The largest absolute Gasteiger partial charge is 0.378 e. The fraction of sp³-hybridized carbons (Fsp3) is 1.00. The van der Waals surface area contributed by atoms with E-state index in [1.165, 1.54) is 25.7 Å². The van der Waals surface area contributed by atoms with Crippen molar-refractivity contribution < 1.29 is 4.74 Å². The highest BCUT2D eigenvalue weighted by atomic mass is 16.5. The second kappa shape index (κ2) is 2.24. The molecule has 1 saturated heterocycles. The van der Waals surface area contributed by atoms with Crippen LogP contribution in [0.15, 0.2) is 0 Å². The Morgan fingerprint density at radius 1 is 1.33 bits per heavy atom. The maximum Gasteiger partial charge on any atom is 0.0623 e. The van der Waals surface area contributed by atoms with Crippen molar-refractivity contribution in [1.29, 1.82) is 0 Å². The van der Waals surface area contributed by atoms with Crippen molar-refractivity contribution in [1.82, 2.24) is 0 Å². The van der Waals surface area contributed by atoms with Crippen LogP contribution in [-0.2, 0) is 4.74 Å². The van der Waals surface area contributed by atoms with Gasteiger partial charge in [0.1, 0.15) is 0 Å². The molecule has 4 atom stereocenters. The third-order valence-corrected chi connectivity index (χ3v) is 4.21. The molecular weight excluding hydrogens is 150 g/mol. The Balaban J connectivity index is 1.94. The molecule has 0 aromatic rings. The molecule has 4 rings (SSSR count). The quantitative estimate of drug-likeness (QED) is 0.590. The second-order valence-corrected chi connectivity index (χ2v) is 4.88. The van der Waals surface area contributed by atoms with E-state index < -0.39 is 0 Å². The van der Waals surface area contributed by atoms with E-state index in [-0.39, 0.29) is 5.54 Å². The number of ether oxygens (including phenoxy) is 1. The minimum absolute atomic E-state index is 0.171. The SMILES string of the molecule is NC12CCOC3CC(CCC31)C2. The lowest BCUT2D eigenvalue weighted by molar-refractivity contribution is -0.137. The number of fused-ring (bicyclic) bond motifs is 1. The van der Waals surface area contributed by atoms with Gasteiger partial charge in [-0.25, -0.2) is 0 Å². The van der Waals surface area contributed by atoms with Crippen LogP contribution >= 0.6 is 0 Å². The van der Waals surface area contributed by atoms with Crippen molar-refractivity contribution in [3.8, 4) is 0 Å². The number of nitrogens with two attached hydrogens (primary N) is 1. The summed E-state index contributed by atoms with van der Waals surface area (Å²) in [5.74, 6) is 1.57. The van der Waals surface area contributed by atoms with Crippen LogP contribution < -0.4 is 5.73 Å². The molecule has 2 heteroatoms. The standard InChI is InChI=1S/C10H17NO/c11-10-3-4-12-9-5-7(6-10)1-2-8(9)10/h7-9H,1-6,11H2. The molecule has 3 aliphatic carbocycles. The van der Waals surface area contributed by atoms with Crippen LogP contribution in [0.1, 0.15) is 32.1 Å². The molecule has 4 aliphatic rings. The van der Waals surface area contributed by atoms with Crippen LogP contribution in [0, 0.1) is 11.8 Å². The van der Waals surface area contributed by atoms with E-state index in [0.717, 1.165) is 18.9 Å². The first-order valence-corrected chi connectivity index (χ1v) is 5.18. The van der Waals surface area contributed by atoms with Gasteiger partial charge in [0.2, 0.25) is 0 Å². The highest BCUT2D eigenvalue weighted by Crippen LogP contribution is 2.50. The fourth-order valence-corrected chi connectivity index (χ4v) is 3.62. The maximum atomic E-state index is 6.41. The summed E-state index contributed by atoms with van der Waals surface area (Å²) < 4.78 is 5.77. The van der Waals surface area contributed by atoms with Crippen LogP contribution in [0.4, 0.5) is 0 Å². The molecule has 4 bridgehead atoms. The minimum Gasteiger partial charge on any atom is -0.378 e. The predicted molar refractivity (Wildman–Crippen MR) is 46.7 cm³/mol. The second-order valence-electron chi connectivity index (χ2n) is 4.88. The molecule has 0 amide bonds. The fourth-order valence-electron chi connectivity index (χ4n) is 3.62. The van der Waals surface area contributed by atoms with E-state index in [1.54, 1.807) is 0 Å². The lowest BCUT2D eigenvalue weighted by atomic mass is 9.57. The van der Waals surface area contributed by atoms with Crippen LogP contribution in [0.3, 0.4) is 0 Å². The van der Waals surface area contributed by atoms with Crippen molar-refractivity contribution in [2.75, 3.05) is 6.61 Å². The maximum absolute atomic E-state index is 6.41. The molecule has 68 valence electrons. The van der Waals surface area contributed by atoms with Gasteiger partial charge in [0.25, 0.3) is 0 Å². The van der Waals surface area contributed by atoms with Gasteiger partial charge in [-0.05, 0) is 38.0 Å². The van der Waals surface area contributed by atoms with Gasteiger partial charge in [-0.1, -0.05) is 0 Å². The first-order valence-electron chi connectivity index (χ1n) is 5.18. The minimum atomic E-state index is 0.171. The molecule has 0 spiro atoms. The van der Waals surface area contributed by atoms with Gasteiger partial charge >= 0.3 is 0 Å². The lowest BCUT2D eigenvalue weighted by Crippen LogP contribution is -2.63. The summed E-state index contributed by atoms with van der Waals surface area (Å²) in [6, 6.07) is 0. The molecule has 1 aliphatic heterocycles. The van der Waals surface area contributed by atoms with Crippen LogP contribution in [-0.4, -0.2) is 18.2 Å². The first kappa shape index (κ1) is 7.34. The Bertz CT molecular complexity index is 206. The first-order chi connectivity index (χ1) is 5.78. The molecule has 3 saturated carbocycles. The summed E-state index contributed by atoms with van der Waals surface area (Å²) in [6.45, 7) is 0.907. The van der Waals surface area contributed by atoms with E-state index in [9.17, 15) is 0 Å². The van der Waals surface area contributed by atoms with E-state index in [1.807, 2.05) is 0 Å². The Hall–Kier alpha value is -0.0800. The van der Waals surface area contributed by atoms with Gasteiger partial charge in [-0.3, -0.25) is 0 Å². The zero-order valence-electron chi connectivity index (χ0n) is 7.46. The summed E-state index contributed by atoms with van der Waals surface area (Å²) in [5.41, 5.74) is 6.58. The van der Waals surface area contributed by atoms with Gasteiger partial charge < -0.3 is 10.5 Å². The Morgan fingerprint density at radius 3 is 2.92 bits per heavy atom. The molecule has 1 heterocycles. The van der Waals surface area contributed by atoms with E-state index in [0.29, 0.717) is 12.0 Å². The average molecular weight is 167 g/mol. The van der Waals surface area contributed by atoms with E-state index in [4.69, 9.17) is 10.5 Å². The van der Waals surface area contributed by atoms with E-state index in [2.05, 4.69) is 0 Å². The third-order valence-electron chi connectivity index (χ3n) is 4.21. The number of rotatable bonds is 0. The van der Waals surface area contributed by atoms with Crippen molar-refractivity contribution in [2.45, 2.75) is 43.7 Å². The average Bonchev–Trinajstić information content (AvgIpc) is 2.03. The molecular formula is C10H17NO. The molecule has 0 aromatic heterocycles. The van der Waals surface area contributed by atoms with Gasteiger partial charge in [0.05, 0.1) is 6.10 Å².